The van der Waals surface area contributed by atoms with Gasteiger partial charge in [0.25, 0.3) is 5.91 Å². The number of carbonyl (C=O) groups excluding carboxylic acids is 1. The minimum atomic E-state index is -0.198. The average molecular weight is 497 g/mol. The van der Waals surface area contributed by atoms with E-state index in [4.69, 9.17) is 0 Å². The summed E-state index contributed by atoms with van der Waals surface area (Å²) in [6.45, 7) is 11.8. The van der Waals surface area contributed by atoms with Crippen molar-refractivity contribution in [2.75, 3.05) is 32.7 Å². The maximum absolute atomic E-state index is 13.1. The van der Waals surface area contributed by atoms with Crippen LogP contribution in [0.4, 0.5) is 0 Å². The van der Waals surface area contributed by atoms with Gasteiger partial charge in [-0.05, 0) is 62.6 Å². The second kappa shape index (κ2) is 10.4. The molecule has 3 N–H and O–H groups in total. The maximum Gasteiger partial charge on any atom is 0.289 e. The first kappa shape index (κ1) is 25.0. The van der Waals surface area contributed by atoms with Crippen LogP contribution in [0, 0.1) is 0 Å². The minimum Gasteiger partial charge on any atom is -0.508 e. The summed E-state index contributed by atoms with van der Waals surface area (Å²) in [7, 11) is 0. The van der Waals surface area contributed by atoms with E-state index in [9.17, 15) is 15.0 Å². The van der Waals surface area contributed by atoms with Gasteiger partial charge in [-0.2, -0.15) is 0 Å². The van der Waals surface area contributed by atoms with Gasteiger partial charge in [-0.3, -0.25) is 14.3 Å². The Hall–Kier alpha value is -2.65. The normalized spacial score (nSPS) is 23.8. The summed E-state index contributed by atoms with van der Waals surface area (Å²) in [5.41, 5.74) is 1.24. The van der Waals surface area contributed by atoms with Gasteiger partial charge in [-0.1, -0.05) is 20.8 Å². The Kier molecular flexibility index (Phi) is 7.21. The molecule has 2 aromatic rings. The molecule has 1 saturated heterocycles. The molecule has 9 heteroatoms. The number of amides is 1. The topological polar surface area (TPSA) is 107 Å². The Morgan fingerprint density at radius 3 is 2.25 bits per heavy atom. The molecule has 1 aliphatic heterocycles. The van der Waals surface area contributed by atoms with E-state index in [0.717, 1.165) is 76.8 Å². The van der Waals surface area contributed by atoms with E-state index < -0.39 is 0 Å². The Bertz CT molecular complexity index is 1080. The van der Waals surface area contributed by atoms with Crippen LogP contribution in [0.25, 0.3) is 11.4 Å². The zero-order chi connectivity index (χ0) is 25.4. The fraction of sp³-hybridized carbons (Fsp3) is 0.667. The lowest BCUT2D eigenvalue weighted by Gasteiger charge is -2.42. The number of phenols is 2. The summed E-state index contributed by atoms with van der Waals surface area (Å²) in [5.74, 6) is 0.694. The van der Waals surface area contributed by atoms with Crippen LogP contribution in [-0.2, 0) is 0 Å². The van der Waals surface area contributed by atoms with Crippen LogP contribution >= 0.6 is 0 Å². The highest BCUT2D eigenvalue weighted by Gasteiger charge is 2.34. The predicted octanol–water partition coefficient (Wildman–Crippen LogP) is 3.49. The van der Waals surface area contributed by atoms with Crippen molar-refractivity contribution >= 4 is 5.91 Å². The molecule has 1 aromatic heterocycles. The van der Waals surface area contributed by atoms with Crippen molar-refractivity contribution < 1.29 is 15.0 Å². The van der Waals surface area contributed by atoms with Crippen LogP contribution in [0.2, 0.25) is 0 Å². The molecule has 5 rings (SSSR count). The lowest BCUT2D eigenvalue weighted by atomic mass is 9.89. The number of rotatable bonds is 7. The molecule has 2 saturated carbocycles. The van der Waals surface area contributed by atoms with Gasteiger partial charge in [0.05, 0.1) is 5.56 Å². The van der Waals surface area contributed by atoms with E-state index in [2.05, 4.69) is 32.2 Å². The standard InChI is InChI=1S/C27H40N6O3/c1-4-31-11-13-32(14-12-31)19-7-9-20(10-8-19)33-25(29-30-26(33)27(36)28-18-5-6-18)22-15-21(17(2)3)23(34)16-24(22)35/h15-20,34-35H,4-14H2,1-3H3,(H,28,36). The third-order valence-corrected chi connectivity index (χ3v) is 8.22. The number of nitrogens with one attached hydrogen (secondary N) is 1. The molecule has 0 unspecified atom stereocenters. The molecule has 2 aliphatic carbocycles. The summed E-state index contributed by atoms with van der Waals surface area (Å²) in [4.78, 5) is 18.3. The van der Waals surface area contributed by atoms with Gasteiger partial charge in [0.15, 0.2) is 5.82 Å². The van der Waals surface area contributed by atoms with Crippen LogP contribution < -0.4 is 5.32 Å². The first-order chi connectivity index (χ1) is 17.4. The van der Waals surface area contributed by atoms with Gasteiger partial charge in [0.1, 0.15) is 11.5 Å². The number of piperazine rings is 1. The van der Waals surface area contributed by atoms with Crippen molar-refractivity contribution in [1.82, 2.24) is 29.9 Å². The minimum absolute atomic E-state index is 0.0535. The van der Waals surface area contributed by atoms with E-state index in [1.807, 2.05) is 18.4 Å². The fourth-order valence-electron chi connectivity index (χ4n) is 5.82. The van der Waals surface area contributed by atoms with Crippen LogP contribution in [0.3, 0.4) is 0 Å². The smallest absolute Gasteiger partial charge is 0.289 e. The number of nitrogens with zero attached hydrogens (tertiary/aromatic N) is 5. The lowest BCUT2D eigenvalue weighted by Crippen LogP contribution is -2.51. The maximum atomic E-state index is 13.1. The average Bonchev–Trinajstić information content (AvgIpc) is 3.58. The van der Waals surface area contributed by atoms with Crippen LogP contribution in [-0.4, -0.2) is 85.5 Å². The zero-order valence-corrected chi connectivity index (χ0v) is 21.8. The third kappa shape index (κ3) is 5.09. The summed E-state index contributed by atoms with van der Waals surface area (Å²) in [5, 5.41) is 32.9. The molecule has 0 bridgehead atoms. The van der Waals surface area contributed by atoms with Gasteiger partial charge in [-0.15, -0.1) is 10.2 Å². The number of hydrogen-bond donors (Lipinski definition) is 3. The SMILES string of the molecule is CCN1CCN(C2CCC(n3c(C(=O)NC4CC4)nnc3-c3cc(C(C)C)c(O)cc3O)CC2)CC1. The molecular formula is C27H40N6O3. The van der Waals surface area contributed by atoms with E-state index in [-0.39, 0.29) is 35.4 Å². The third-order valence-electron chi connectivity index (χ3n) is 8.22. The number of likely N-dealkylation sites (N-methyl/N-ethyl adjacent to an activating group) is 1. The van der Waals surface area contributed by atoms with Gasteiger partial charge in [0, 0.05) is 50.4 Å². The van der Waals surface area contributed by atoms with Gasteiger partial charge in [0.2, 0.25) is 5.82 Å². The molecular weight excluding hydrogens is 456 g/mol. The zero-order valence-electron chi connectivity index (χ0n) is 21.8. The van der Waals surface area contributed by atoms with Crippen LogP contribution in [0.15, 0.2) is 12.1 Å². The summed E-state index contributed by atoms with van der Waals surface area (Å²) in [6, 6.07) is 4.04. The highest BCUT2D eigenvalue weighted by atomic mass is 16.3. The quantitative estimate of drug-likeness (QED) is 0.539. The molecule has 196 valence electrons. The Balaban J connectivity index is 1.42. The van der Waals surface area contributed by atoms with Crippen LogP contribution in [0.1, 0.15) is 87.4 Å². The van der Waals surface area contributed by atoms with Crippen LogP contribution in [0.5, 0.6) is 11.5 Å². The lowest BCUT2D eigenvalue weighted by molar-refractivity contribution is 0.0732. The molecule has 3 aliphatic rings. The van der Waals surface area contributed by atoms with Crippen molar-refractivity contribution in [1.29, 1.82) is 0 Å². The summed E-state index contributed by atoms with van der Waals surface area (Å²) in [6.07, 6.45) is 6.00. The van der Waals surface area contributed by atoms with Crippen molar-refractivity contribution in [2.45, 2.75) is 83.3 Å². The predicted molar refractivity (Wildman–Crippen MR) is 138 cm³/mol. The second-order valence-corrected chi connectivity index (χ2v) is 11.0. The first-order valence-electron chi connectivity index (χ1n) is 13.6. The van der Waals surface area contributed by atoms with Gasteiger partial charge in [-0.25, -0.2) is 0 Å². The summed E-state index contributed by atoms with van der Waals surface area (Å²) >= 11 is 0. The Morgan fingerprint density at radius 2 is 1.64 bits per heavy atom. The Labute approximate surface area is 213 Å². The fourth-order valence-corrected chi connectivity index (χ4v) is 5.82. The van der Waals surface area contributed by atoms with E-state index in [0.29, 0.717) is 23.3 Å². The highest BCUT2D eigenvalue weighted by Crippen LogP contribution is 2.40. The molecule has 1 amide bonds. The molecule has 1 aromatic carbocycles. The highest BCUT2D eigenvalue weighted by molar-refractivity contribution is 5.92. The number of aromatic nitrogens is 3. The number of benzene rings is 1. The van der Waals surface area contributed by atoms with Crippen molar-refractivity contribution in [3.63, 3.8) is 0 Å². The molecule has 0 radical (unpaired) electrons. The molecule has 0 spiro atoms. The van der Waals surface area contributed by atoms with E-state index >= 15 is 0 Å². The molecule has 2 heterocycles. The van der Waals surface area contributed by atoms with Crippen molar-refractivity contribution in [2.24, 2.45) is 0 Å². The van der Waals surface area contributed by atoms with Crippen molar-refractivity contribution in [3.05, 3.63) is 23.5 Å². The molecule has 36 heavy (non-hydrogen) atoms. The Morgan fingerprint density at radius 1 is 0.972 bits per heavy atom. The molecule has 9 nitrogen and oxygen atoms in total. The molecule has 3 fully saturated rings. The van der Waals surface area contributed by atoms with Gasteiger partial charge < -0.3 is 20.4 Å². The second-order valence-electron chi connectivity index (χ2n) is 11.0. The summed E-state index contributed by atoms with van der Waals surface area (Å²) < 4.78 is 1.96. The number of carbonyl (C=O) groups is 1. The number of aromatic hydroxyl groups is 2. The monoisotopic (exact) mass is 496 g/mol. The first-order valence-corrected chi connectivity index (χ1v) is 13.6. The number of phenolic OH excluding ortho intramolecular Hbond substituents is 2. The van der Waals surface area contributed by atoms with Crippen molar-refractivity contribution in [3.8, 4) is 22.9 Å². The van der Waals surface area contributed by atoms with Gasteiger partial charge >= 0.3 is 0 Å². The molecule has 0 atom stereocenters. The number of hydrogen-bond acceptors (Lipinski definition) is 7. The van der Waals surface area contributed by atoms with E-state index in [1.165, 1.54) is 6.07 Å². The largest absolute Gasteiger partial charge is 0.508 e. The van der Waals surface area contributed by atoms with E-state index in [1.54, 1.807) is 6.07 Å².